The van der Waals surface area contributed by atoms with Crippen molar-refractivity contribution in [2.45, 2.75) is 11.8 Å². The van der Waals surface area contributed by atoms with E-state index in [2.05, 4.69) is 11.1 Å². The Morgan fingerprint density at radius 1 is 1.19 bits per heavy atom. The number of para-hydroxylation sites is 1. The van der Waals surface area contributed by atoms with Gasteiger partial charge in [0.05, 0.1) is 10.2 Å². The molecule has 1 heterocycles. The molecular weight excluding hydrogens is 302 g/mol. The number of thiazole rings is 1. The van der Waals surface area contributed by atoms with Crippen LogP contribution in [0, 0.1) is 0 Å². The average Bonchev–Trinajstić information content (AvgIpc) is 2.90. The number of carbonyl (C=O) groups is 1. The Balaban J connectivity index is 1.89. The lowest BCUT2D eigenvalue weighted by Gasteiger charge is -2.01. The maximum Gasteiger partial charge on any atom is 0.279 e. The first kappa shape index (κ1) is 14.1. The number of thioether (sulfide) groups is 1. The molecule has 106 valence electrons. The van der Waals surface area contributed by atoms with Gasteiger partial charge in [0.2, 0.25) is 0 Å². The van der Waals surface area contributed by atoms with Gasteiger partial charge >= 0.3 is 0 Å². The molecule has 1 aromatic heterocycles. The zero-order valence-electron chi connectivity index (χ0n) is 11.6. The van der Waals surface area contributed by atoms with Crippen LogP contribution in [0.25, 0.3) is 10.2 Å². The summed E-state index contributed by atoms with van der Waals surface area (Å²) in [5.74, 6) is 0.732. The number of ketones is 1. The van der Waals surface area contributed by atoms with Crippen molar-refractivity contribution in [3.63, 3.8) is 0 Å². The van der Waals surface area contributed by atoms with E-state index in [0.717, 1.165) is 15.1 Å². The molecule has 0 aliphatic carbocycles. The van der Waals surface area contributed by atoms with E-state index in [-0.39, 0.29) is 5.78 Å². The number of hydrogen-bond donors (Lipinski definition) is 0. The number of benzene rings is 2. The quantitative estimate of drug-likeness (QED) is 0.501. The molecule has 2 aromatic carbocycles. The van der Waals surface area contributed by atoms with E-state index in [9.17, 15) is 4.79 Å². The van der Waals surface area contributed by atoms with Crippen LogP contribution in [0.5, 0.6) is 10.9 Å². The molecule has 3 nitrogen and oxygen atoms in total. The van der Waals surface area contributed by atoms with Crippen molar-refractivity contribution in [1.29, 1.82) is 0 Å². The van der Waals surface area contributed by atoms with E-state index in [1.807, 2.05) is 18.4 Å². The molecule has 0 fully saturated rings. The van der Waals surface area contributed by atoms with Gasteiger partial charge in [0.15, 0.2) is 5.78 Å². The first-order chi connectivity index (χ1) is 10.2. The summed E-state index contributed by atoms with van der Waals surface area (Å²) in [7, 11) is 0. The van der Waals surface area contributed by atoms with Gasteiger partial charge in [0.1, 0.15) is 5.75 Å². The molecule has 0 saturated carbocycles. The zero-order valence-corrected chi connectivity index (χ0v) is 13.3. The van der Waals surface area contributed by atoms with Gasteiger partial charge < -0.3 is 4.74 Å². The fourth-order valence-corrected chi connectivity index (χ4v) is 3.46. The fourth-order valence-electron chi connectivity index (χ4n) is 1.97. The Labute approximate surface area is 131 Å². The van der Waals surface area contributed by atoms with Crippen molar-refractivity contribution < 1.29 is 9.53 Å². The Bertz CT molecular complexity index is 794. The number of hydrogen-bond acceptors (Lipinski definition) is 5. The second kappa shape index (κ2) is 5.87. The third-order valence-corrected chi connectivity index (χ3v) is 4.72. The van der Waals surface area contributed by atoms with Crippen LogP contribution in [0.2, 0.25) is 0 Å². The molecular formula is C16H13NO2S2. The lowest BCUT2D eigenvalue weighted by molar-refractivity contribution is 0.101. The number of rotatable bonds is 4. The van der Waals surface area contributed by atoms with Crippen molar-refractivity contribution in [2.24, 2.45) is 0 Å². The van der Waals surface area contributed by atoms with E-state index >= 15 is 0 Å². The van der Waals surface area contributed by atoms with Crippen molar-refractivity contribution >= 4 is 39.1 Å². The van der Waals surface area contributed by atoms with Gasteiger partial charge in [0, 0.05) is 10.5 Å². The van der Waals surface area contributed by atoms with E-state index in [0.29, 0.717) is 16.5 Å². The van der Waals surface area contributed by atoms with Crippen LogP contribution in [0.1, 0.15) is 17.3 Å². The number of ether oxygens (including phenoxy) is 1. The summed E-state index contributed by atoms with van der Waals surface area (Å²) in [4.78, 5) is 16.9. The summed E-state index contributed by atoms with van der Waals surface area (Å²) in [5.41, 5.74) is 1.65. The standard InChI is InChI=1S/C16H13NO2S2/c1-10(18)11-6-8-12(9-7-11)19-16-17-15-13(20-2)4-3-5-14(15)21-16/h3-9H,1-2H3. The molecule has 0 bridgehead atoms. The largest absolute Gasteiger partial charge is 0.431 e. The molecule has 0 aliphatic rings. The number of Topliss-reactive ketones (excluding diaryl/α,β-unsaturated/α-hetero) is 1. The summed E-state index contributed by atoms with van der Waals surface area (Å²) in [6.07, 6.45) is 2.04. The fraction of sp³-hybridized carbons (Fsp3) is 0.125. The summed E-state index contributed by atoms with van der Waals surface area (Å²) >= 11 is 3.19. The number of carbonyl (C=O) groups excluding carboxylic acids is 1. The van der Waals surface area contributed by atoms with Gasteiger partial charge in [-0.25, -0.2) is 4.98 Å². The highest BCUT2D eigenvalue weighted by molar-refractivity contribution is 7.98. The summed E-state index contributed by atoms with van der Waals surface area (Å²) in [5, 5.41) is 0.613. The number of aromatic nitrogens is 1. The molecule has 0 aliphatic heterocycles. The molecule has 5 heteroatoms. The first-order valence-corrected chi connectivity index (χ1v) is 8.44. The summed E-state index contributed by atoms with van der Waals surface area (Å²) in [6, 6.07) is 13.2. The Morgan fingerprint density at radius 2 is 1.95 bits per heavy atom. The highest BCUT2D eigenvalue weighted by atomic mass is 32.2. The molecule has 0 unspecified atom stereocenters. The maximum atomic E-state index is 11.2. The Morgan fingerprint density at radius 3 is 2.62 bits per heavy atom. The summed E-state index contributed by atoms with van der Waals surface area (Å²) < 4.78 is 6.89. The van der Waals surface area contributed by atoms with Crippen molar-refractivity contribution in [1.82, 2.24) is 4.98 Å². The van der Waals surface area contributed by atoms with Crippen LogP contribution in [0.3, 0.4) is 0 Å². The monoisotopic (exact) mass is 315 g/mol. The van der Waals surface area contributed by atoms with Crippen molar-refractivity contribution in [3.05, 3.63) is 48.0 Å². The van der Waals surface area contributed by atoms with Gasteiger partial charge in [-0.3, -0.25) is 4.79 Å². The van der Waals surface area contributed by atoms with Crippen LogP contribution < -0.4 is 4.74 Å². The average molecular weight is 315 g/mol. The van der Waals surface area contributed by atoms with Crippen molar-refractivity contribution in [2.75, 3.05) is 6.26 Å². The molecule has 21 heavy (non-hydrogen) atoms. The van der Waals surface area contributed by atoms with E-state index < -0.39 is 0 Å². The number of nitrogens with zero attached hydrogens (tertiary/aromatic N) is 1. The van der Waals surface area contributed by atoms with Crippen LogP contribution in [0.4, 0.5) is 0 Å². The molecule has 3 rings (SSSR count). The molecule has 0 atom stereocenters. The van der Waals surface area contributed by atoms with Gasteiger partial charge in [-0.15, -0.1) is 11.8 Å². The molecule has 0 amide bonds. The van der Waals surface area contributed by atoms with Crippen LogP contribution in [-0.2, 0) is 0 Å². The predicted molar refractivity (Wildman–Crippen MR) is 87.9 cm³/mol. The van der Waals surface area contributed by atoms with Crippen LogP contribution in [0.15, 0.2) is 47.4 Å². The third kappa shape index (κ3) is 2.94. The highest BCUT2D eigenvalue weighted by Crippen LogP contribution is 2.35. The Kier molecular flexibility index (Phi) is 3.94. The second-order valence-corrected chi connectivity index (χ2v) is 6.31. The molecule has 0 spiro atoms. The maximum absolute atomic E-state index is 11.2. The van der Waals surface area contributed by atoms with Crippen molar-refractivity contribution in [3.8, 4) is 10.9 Å². The molecule has 0 saturated heterocycles. The Hall–Kier alpha value is -1.85. The van der Waals surface area contributed by atoms with Gasteiger partial charge in [-0.05, 0) is 49.6 Å². The zero-order chi connectivity index (χ0) is 14.8. The van der Waals surface area contributed by atoms with Gasteiger partial charge in [-0.2, -0.15) is 0 Å². The van der Waals surface area contributed by atoms with E-state index in [4.69, 9.17) is 4.74 Å². The molecule has 0 radical (unpaired) electrons. The smallest absolute Gasteiger partial charge is 0.279 e. The first-order valence-electron chi connectivity index (χ1n) is 6.40. The van der Waals surface area contributed by atoms with E-state index in [1.54, 1.807) is 43.0 Å². The molecule has 3 aromatic rings. The normalized spacial score (nSPS) is 10.8. The minimum absolute atomic E-state index is 0.0474. The SMILES string of the molecule is CSc1cccc2sc(Oc3ccc(C(C)=O)cc3)nc12. The molecule has 0 N–H and O–H groups in total. The van der Waals surface area contributed by atoms with Crippen LogP contribution in [-0.4, -0.2) is 17.0 Å². The van der Waals surface area contributed by atoms with Gasteiger partial charge in [-0.1, -0.05) is 17.4 Å². The summed E-state index contributed by atoms with van der Waals surface area (Å²) in [6.45, 7) is 1.55. The lowest BCUT2D eigenvalue weighted by atomic mass is 10.1. The topological polar surface area (TPSA) is 39.2 Å². The minimum atomic E-state index is 0.0474. The second-order valence-electron chi connectivity index (χ2n) is 4.47. The van der Waals surface area contributed by atoms with Gasteiger partial charge in [0.25, 0.3) is 5.19 Å². The minimum Gasteiger partial charge on any atom is -0.431 e. The van der Waals surface area contributed by atoms with E-state index in [1.165, 1.54) is 11.3 Å². The van der Waals surface area contributed by atoms with Crippen LogP contribution >= 0.6 is 23.1 Å². The third-order valence-electron chi connectivity index (χ3n) is 3.05. The predicted octanol–water partition coefficient (Wildman–Crippen LogP) is 5.01. The lowest BCUT2D eigenvalue weighted by Crippen LogP contribution is -1.91. The number of fused-ring (bicyclic) bond motifs is 1. The highest BCUT2D eigenvalue weighted by Gasteiger charge is 2.09.